The molecule has 0 aliphatic heterocycles. The summed E-state index contributed by atoms with van der Waals surface area (Å²) in [5, 5.41) is 5.72. The molecule has 6 nitrogen and oxygen atoms in total. The molecule has 0 saturated carbocycles. The van der Waals surface area contributed by atoms with E-state index in [9.17, 15) is 9.59 Å². The van der Waals surface area contributed by atoms with E-state index in [1.165, 1.54) is 0 Å². The molecule has 27 heavy (non-hydrogen) atoms. The van der Waals surface area contributed by atoms with E-state index in [0.29, 0.717) is 18.0 Å². The summed E-state index contributed by atoms with van der Waals surface area (Å²) in [6.07, 6.45) is 0. The number of carbonyl (C=O) groups excluding carboxylic acids is 2. The maximum Gasteiger partial charge on any atom is 0.262 e. The van der Waals surface area contributed by atoms with Crippen LogP contribution in [0.4, 0.5) is 11.4 Å². The Morgan fingerprint density at radius 3 is 2.30 bits per heavy atom. The third kappa shape index (κ3) is 6.75. The van der Waals surface area contributed by atoms with E-state index in [-0.39, 0.29) is 18.4 Å². The number of nitrogens with zero attached hydrogens (tertiary/aromatic N) is 1. The molecule has 0 fully saturated rings. The first-order chi connectivity index (χ1) is 13.0. The van der Waals surface area contributed by atoms with Gasteiger partial charge >= 0.3 is 0 Å². The second-order valence-corrected chi connectivity index (χ2v) is 6.19. The summed E-state index contributed by atoms with van der Waals surface area (Å²) in [7, 11) is 0. The Morgan fingerprint density at radius 1 is 0.963 bits per heavy atom. The lowest BCUT2D eigenvalue weighted by Crippen LogP contribution is -2.33. The first-order valence-electron chi connectivity index (χ1n) is 9.12. The van der Waals surface area contributed by atoms with Crippen molar-refractivity contribution in [3.63, 3.8) is 0 Å². The summed E-state index contributed by atoms with van der Waals surface area (Å²) in [6.45, 7) is 7.91. The molecule has 144 valence electrons. The molecule has 2 N–H and O–H groups in total. The SMILES string of the molecule is CCN(CC)CC(=O)Nc1ccc(NC(=O)COc2ccccc2)cc1C. The topological polar surface area (TPSA) is 70.7 Å². The Balaban J connectivity index is 1.88. The zero-order chi connectivity index (χ0) is 19.6. The van der Waals surface area contributed by atoms with Gasteiger partial charge in [0.25, 0.3) is 5.91 Å². The zero-order valence-electron chi connectivity index (χ0n) is 16.1. The summed E-state index contributed by atoms with van der Waals surface area (Å²) in [5.41, 5.74) is 2.28. The predicted octanol–water partition coefficient (Wildman–Crippen LogP) is 3.29. The first-order valence-corrected chi connectivity index (χ1v) is 9.12. The number of amides is 2. The van der Waals surface area contributed by atoms with E-state index in [0.717, 1.165) is 24.3 Å². The molecule has 0 aliphatic rings. The van der Waals surface area contributed by atoms with Crippen LogP contribution in [0, 0.1) is 6.92 Å². The van der Waals surface area contributed by atoms with Gasteiger partial charge in [-0.25, -0.2) is 0 Å². The molecule has 2 aromatic carbocycles. The average molecular weight is 369 g/mol. The monoisotopic (exact) mass is 369 g/mol. The molecule has 0 atom stereocenters. The highest BCUT2D eigenvalue weighted by Crippen LogP contribution is 2.20. The van der Waals surface area contributed by atoms with Gasteiger partial charge < -0.3 is 15.4 Å². The number of anilines is 2. The fourth-order valence-corrected chi connectivity index (χ4v) is 2.58. The maximum atomic E-state index is 12.1. The van der Waals surface area contributed by atoms with Gasteiger partial charge in [-0.2, -0.15) is 0 Å². The van der Waals surface area contributed by atoms with Crippen LogP contribution in [0.25, 0.3) is 0 Å². The number of aryl methyl sites for hydroxylation is 1. The highest BCUT2D eigenvalue weighted by atomic mass is 16.5. The molecule has 0 spiro atoms. The molecule has 0 unspecified atom stereocenters. The molecule has 2 amide bonds. The number of rotatable bonds is 9. The van der Waals surface area contributed by atoms with E-state index in [1.54, 1.807) is 24.3 Å². The normalized spacial score (nSPS) is 10.5. The minimum Gasteiger partial charge on any atom is -0.484 e. The standard InChI is InChI=1S/C21H27N3O3/c1-4-24(5-2)14-20(25)23-19-12-11-17(13-16(19)3)22-21(26)15-27-18-9-7-6-8-10-18/h6-13H,4-5,14-15H2,1-3H3,(H,22,26)(H,23,25). The molecule has 2 aromatic rings. The molecule has 0 radical (unpaired) electrons. The number of hydrogen-bond acceptors (Lipinski definition) is 4. The molecule has 0 aromatic heterocycles. The van der Waals surface area contributed by atoms with Gasteiger partial charge in [-0.05, 0) is 55.9 Å². The van der Waals surface area contributed by atoms with Crippen molar-refractivity contribution in [2.45, 2.75) is 20.8 Å². The van der Waals surface area contributed by atoms with Crippen LogP contribution < -0.4 is 15.4 Å². The van der Waals surface area contributed by atoms with Crippen LogP contribution in [-0.4, -0.2) is 43.0 Å². The lowest BCUT2D eigenvalue weighted by atomic mass is 10.1. The minimum atomic E-state index is -0.239. The van der Waals surface area contributed by atoms with Crippen molar-refractivity contribution in [2.24, 2.45) is 0 Å². The number of ether oxygens (including phenoxy) is 1. The van der Waals surface area contributed by atoms with Crippen molar-refractivity contribution in [1.82, 2.24) is 4.90 Å². The Bertz CT molecular complexity index is 759. The van der Waals surface area contributed by atoms with Crippen molar-refractivity contribution < 1.29 is 14.3 Å². The van der Waals surface area contributed by atoms with Crippen LogP contribution >= 0.6 is 0 Å². The van der Waals surface area contributed by atoms with Gasteiger partial charge in [0.15, 0.2) is 6.61 Å². The molecule has 0 heterocycles. The lowest BCUT2D eigenvalue weighted by Gasteiger charge is -2.18. The van der Waals surface area contributed by atoms with Crippen molar-refractivity contribution in [3.05, 3.63) is 54.1 Å². The van der Waals surface area contributed by atoms with Gasteiger partial charge in [-0.1, -0.05) is 32.0 Å². The molecule has 6 heteroatoms. The average Bonchev–Trinajstić information content (AvgIpc) is 2.67. The van der Waals surface area contributed by atoms with E-state index >= 15 is 0 Å². The van der Waals surface area contributed by atoms with Crippen LogP contribution in [0.5, 0.6) is 5.75 Å². The molecule has 2 rings (SSSR count). The number of para-hydroxylation sites is 1. The predicted molar refractivity (Wildman–Crippen MR) is 108 cm³/mol. The third-order valence-electron chi connectivity index (χ3n) is 4.16. The van der Waals surface area contributed by atoms with Crippen molar-refractivity contribution in [2.75, 3.05) is 36.9 Å². The smallest absolute Gasteiger partial charge is 0.262 e. The number of nitrogens with one attached hydrogen (secondary N) is 2. The summed E-state index contributed by atoms with van der Waals surface area (Å²) in [6, 6.07) is 14.6. The highest BCUT2D eigenvalue weighted by molar-refractivity contribution is 5.95. The summed E-state index contributed by atoms with van der Waals surface area (Å²) < 4.78 is 5.43. The van der Waals surface area contributed by atoms with Gasteiger partial charge in [0, 0.05) is 11.4 Å². The highest BCUT2D eigenvalue weighted by Gasteiger charge is 2.10. The van der Waals surface area contributed by atoms with Crippen LogP contribution in [0.3, 0.4) is 0 Å². The summed E-state index contributed by atoms with van der Waals surface area (Å²) >= 11 is 0. The van der Waals surface area contributed by atoms with Crippen LogP contribution in [0.15, 0.2) is 48.5 Å². The van der Waals surface area contributed by atoms with Crippen molar-refractivity contribution in [1.29, 1.82) is 0 Å². The quantitative estimate of drug-likeness (QED) is 0.712. The Morgan fingerprint density at radius 2 is 1.67 bits per heavy atom. The number of benzene rings is 2. The van der Waals surface area contributed by atoms with Gasteiger partial charge in [-0.15, -0.1) is 0 Å². The Labute approximate surface area is 160 Å². The fraction of sp³-hybridized carbons (Fsp3) is 0.333. The van der Waals surface area contributed by atoms with E-state index in [1.807, 2.05) is 49.9 Å². The van der Waals surface area contributed by atoms with Gasteiger partial charge in [0.1, 0.15) is 5.75 Å². The summed E-state index contributed by atoms with van der Waals surface area (Å²) in [5.74, 6) is 0.363. The van der Waals surface area contributed by atoms with E-state index < -0.39 is 0 Å². The number of hydrogen-bond donors (Lipinski definition) is 2. The Kier molecular flexibility index (Phi) is 7.82. The van der Waals surface area contributed by atoms with Crippen LogP contribution in [0.1, 0.15) is 19.4 Å². The number of carbonyl (C=O) groups is 2. The second kappa shape index (κ2) is 10.3. The number of likely N-dealkylation sites (N-methyl/N-ethyl adjacent to an activating group) is 1. The largest absolute Gasteiger partial charge is 0.484 e. The minimum absolute atomic E-state index is 0.0464. The van der Waals surface area contributed by atoms with Gasteiger partial charge in [0.05, 0.1) is 6.54 Å². The fourth-order valence-electron chi connectivity index (χ4n) is 2.58. The van der Waals surface area contributed by atoms with Crippen molar-refractivity contribution in [3.8, 4) is 5.75 Å². The molecular formula is C21H27N3O3. The summed E-state index contributed by atoms with van der Waals surface area (Å²) in [4.78, 5) is 26.2. The van der Waals surface area contributed by atoms with E-state index in [4.69, 9.17) is 4.74 Å². The third-order valence-corrected chi connectivity index (χ3v) is 4.16. The second-order valence-electron chi connectivity index (χ2n) is 6.19. The van der Waals surface area contributed by atoms with Crippen LogP contribution in [0.2, 0.25) is 0 Å². The first kappa shape index (κ1) is 20.5. The van der Waals surface area contributed by atoms with Crippen molar-refractivity contribution >= 4 is 23.2 Å². The van der Waals surface area contributed by atoms with E-state index in [2.05, 4.69) is 10.6 Å². The van der Waals surface area contributed by atoms with Crippen LogP contribution in [-0.2, 0) is 9.59 Å². The molecule has 0 saturated heterocycles. The maximum absolute atomic E-state index is 12.1. The zero-order valence-corrected chi connectivity index (χ0v) is 16.1. The molecule has 0 aliphatic carbocycles. The lowest BCUT2D eigenvalue weighted by molar-refractivity contribution is -0.118. The van der Waals surface area contributed by atoms with Gasteiger partial charge in [-0.3, -0.25) is 14.5 Å². The Hall–Kier alpha value is -2.86. The molecular weight excluding hydrogens is 342 g/mol. The van der Waals surface area contributed by atoms with Gasteiger partial charge in [0.2, 0.25) is 5.91 Å². The molecule has 0 bridgehead atoms.